The Bertz CT molecular complexity index is 286. The van der Waals surface area contributed by atoms with Gasteiger partial charge in [0.05, 0.1) is 12.7 Å². The van der Waals surface area contributed by atoms with E-state index < -0.39 is 5.82 Å². The van der Waals surface area contributed by atoms with Gasteiger partial charge in [-0.2, -0.15) is 0 Å². The van der Waals surface area contributed by atoms with E-state index in [4.69, 9.17) is 0 Å². The molecular weight excluding hydrogens is 173 g/mol. The fourth-order valence-electron chi connectivity index (χ4n) is 0.797. The molecule has 2 N–H and O–H groups in total. The molecule has 0 aliphatic heterocycles. The summed E-state index contributed by atoms with van der Waals surface area (Å²) in [6.07, 6.45) is 1.05. The van der Waals surface area contributed by atoms with Crippen molar-refractivity contribution in [3.8, 4) is 0 Å². The summed E-state index contributed by atoms with van der Waals surface area (Å²) < 4.78 is 12.4. The van der Waals surface area contributed by atoms with Crippen LogP contribution >= 0.6 is 0 Å². The van der Waals surface area contributed by atoms with Crippen LogP contribution in [-0.2, 0) is 4.79 Å². The average Bonchev–Trinajstić information content (AvgIpc) is 2.09. The summed E-state index contributed by atoms with van der Waals surface area (Å²) in [5, 5.41) is 5.18. The molecule has 1 heterocycles. The highest BCUT2D eigenvalue weighted by molar-refractivity contribution is 5.91. The molecule has 0 spiro atoms. The molecule has 1 aromatic rings. The van der Waals surface area contributed by atoms with Crippen LogP contribution in [-0.4, -0.2) is 24.5 Å². The second-order valence-electron chi connectivity index (χ2n) is 2.44. The van der Waals surface area contributed by atoms with Gasteiger partial charge in [0.25, 0.3) is 0 Å². The summed E-state index contributed by atoms with van der Waals surface area (Å²) in [7, 11) is 1.66. The summed E-state index contributed by atoms with van der Waals surface area (Å²) in [4.78, 5) is 14.7. The number of hydrogen-bond acceptors (Lipinski definition) is 3. The molecule has 1 rings (SSSR count). The van der Waals surface area contributed by atoms with Crippen molar-refractivity contribution in [3.05, 3.63) is 24.1 Å². The van der Waals surface area contributed by atoms with Crippen molar-refractivity contribution in [2.24, 2.45) is 0 Å². The minimum Gasteiger partial charge on any atom is -0.311 e. The molecule has 4 nitrogen and oxygen atoms in total. The van der Waals surface area contributed by atoms with Crippen molar-refractivity contribution >= 4 is 11.7 Å². The highest BCUT2D eigenvalue weighted by Gasteiger charge is 2.00. The van der Waals surface area contributed by atoms with Gasteiger partial charge in [-0.1, -0.05) is 0 Å². The van der Waals surface area contributed by atoms with Gasteiger partial charge in [0.15, 0.2) is 0 Å². The molecule has 1 amide bonds. The number of amides is 1. The number of likely N-dealkylation sites (N-methyl/N-ethyl adjacent to an activating group) is 1. The molecule has 1 aromatic heterocycles. The standard InChI is InChI=1S/C8H10FN3O/c1-10-5-8(13)12-7-3-2-6(9)4-11-7/h2-4,10H,5H2,1H3,(H,11,12,13). The van der Waals surface area contributed by atoms with Gasteiger partial charge < -0.3 is 10.6 Å². The predicted molar refractivity (Wildman–Crippen MR) is 46.8 cm³/mol. The molecule has 0 saturated carbocycles. The van der Waals surface area contributed by atoms with Gasteiger partial charge >= 0.3 is 0 Å². The Morgan fingerprint density at radius 3 is 2.92 bits per heavy atom. The number of carbonyl (C=O) groups excluding carboxylic acids is 1. The fraction of sp³-hybridized carbons (Fsp3) is 0.250. The quantitative estimate of drug-likeness (QED) is 0.712. The van der Waals surface area contributed by atoms with Crippen molar-refractivity contribution in [3.63, 3.8) is 0 Å². The molecule has 0 aromatic carbocycles. The lowest BCUT2D eigenvalue weighted by atomic mass is 10.4. The van der Waals surface area contributed by atoms with Gasteiger partial charge in [-0.15, -0.1) is 0 Å². The largest absolute Gasteiger partial charge is 0.311 e. The maximum Gasteiger partial charge on any atom is 0.239 e. The van der Waals surface area contributed by atoms with Crippen LogP contribution in [0.4, 0.5) is 10.2 Å². The lowest BCUT2D eigenvalue weighted by molar-refractivity contribution is -0.115. The molecule has 0 fully saturated rings. The maximum atomic E-state index is 12.4. The Labute approximate surface area is 75.2 Å². The van der Waals surface area contributed by atoms with E-state index in [1.807, 2.05) is 0 Å². The lowest BCUT2D eigenvalue weighted by Gasteiger charge is -2.02. The monoisotopic (exact) mass is 183 g/mol. The van der Waals surface area contributed by atoms with E-state index in [1.54, 1.807) is 7.05 Å². The Morgan fingerprint density at radius 1 is 1.62 bits per heavy atom. The number of nitrogens with one attached hydrogen (secondary N) is 2. The number of halogens is 1. The Balaban J connectivity index is 2.54. The van der Waals surface area contributed by atoms with Gasteiger partial charge in [0, 0.05) is 0 Å². The average molecular weight is 183 g/mol. The van der Waals surface area contributed by atoms with Crippen LogP contribution in [0.25, 0.3) is 0 Å². The van der Waals surface area contributed by atoms with Gasteiger partial charge in [0.1, 0.15) is 11.6 Å². The van der Waals surface area contributed by atoms with Crippen molar-refractivity contribution in [2.45, 2.75) is 0 Å². The van der Waals surface area contributed by atoms with Crippen molar-refractivity contribution < 1.29 is 9.18 Å². The maximum absolute atomic E-state index is 12.4. The Kier molecular flexibility index (Phi) is 3.33. The van der Waals surface area contributed by atoms with Crippen molar-refractivity contribution in [1.29, 1.82) is 0 Å². The highest BCUT2D eigenvalue weighted by Crippen LogP contribution is 2.02. The molecule has 0 aliphatic rings. The number of anilines is 1. The molecule has 5 heteroatoms. The van der Waals surface area contributed by atoms with Crippen LogP contribution in [0.15, 0.2) is 18.3 Å². The predicted octanol–water partition coefficient (Wildman–Crippen LogP) is 0.379. The second-order valence-corrected chi connectivity index (χ2v) is 2.44. The number of nitrogens with zero attached hydrogens (tertiary/aromatic N) is 1. The third kappa shape index (κ3) is 3.16. The van der Waals surface area contributed by atoms with Gasteiger partial charge in [-0.25, -0.2) is 9.37 Å². The summed E-state index contributed by atoms with van der Waals surface area (Å²) in [5.41, 5.74) is 0. The first-order chi connectivity index (χ1) is 6.22. The van der Waals surface area contributed by atoms with E-state index in [-0.39, 0.29) is 12.5 Å². The topological polar surface area (TPSA) is 54.0 Å². The number of pyridine rings is 1. The van der Waals surface area contributed by atoms with Gasteiger partial charge in [-0.05, 0) is 19.2 Å². The van der Waals surface area contributed by atoms with E-state index in [0.717, 1.165) is 6.20 Å². The molecule has 0 saturated heterocycles. The van der Waals surface area contributed by atoms with E-state index >= 15 is 0 Å². The van der Waals surface area contributed by atoms with Gasteiger partial charge in [-0.3, -0.25) is 4.79 Å². The number of carbonyl (C=O) groups is 1. The van der Waals surface area contributed by atoms with E-state index in [0.29, 0.717) is 5.82 Å². The smallest absolute Gasteiger partial charge is 0.239 e. The first kappa shape index (κ1) is 9.60. The zero-order valence-electron chi connectivity index (χ0n) is 7.17. The Hall–Kier alpha value is -1.49. The molecular formula is C8H10FN3O. The minimum absolute atomic E-state index is 0.207. The molecule has 0 aliphatic carbocycles. The summed E-state index contributed by atoms with van der Waals surface area (Å²) >= 11 is 0. The zero-order valence-corrected chi connectivity index (χ0v) is 7.17. The summed E-state index contributed by atoms with van der Waals surface area (Å²) in [6, 6.07) is 2.64. The molecule has 70 valence electrons. The molecule has 0 radical (unpaired) electrons. The van der Waals surface area contributed by atoms with Crippen LogP contribution in [0.2, 0.25) is 0 Å². The number of aromatic nitrogens is 1. The van der Waals surface area contributed by atoms with Crippen LogP contribution in [0.5, 0.6) is 0 Å². The number of rotatable bonds is 3. The first-order valence-electron chi connectivity index (χ1n) is 3.78. The highest BCUT2D eigenvalue weighted by atomic mass is 19.1. The third-order valence-electron chi connectivity index (χ3n) is 1.33. The van der Waals surface area contributed by atoms with E-state index in [9.17, 15) is 9.18 Å². The van der Waals surface area contributed by atoms with Crippen LogP contribution < -0.4 is 10.6 Å². The van der Waals surface area contributed by atoms with Gasteiger partial charge in [0.2, 0.25) is 5.91 Å². The third-order valence-corrected chi connectivity index (χ3v) is 1.33. The normalized spacial score (nSPS) is 9.69. The van der Waals surface area contributed by atoms with Crippen LogP contribution in [0.1, 0.15) is 0 Å². The SMILES string of the molecule is CNCC(=O)Nc1ccc(F)cn1. The van der Waals surface area contributed by atoms with E-state index in [1.165, 1.54) is 12.1 Å². The summed E-state index contributed by atoms with van der Waals surface area (Å²) in [5.74, 6) is -0.283. The summed E-state index contributed by atoms with van der Waals surface area (Å²) in [6.45, 7) is 0.207. The second kappa shape index (κ2) is 4.51. The van der Waals surface area contributed by atoms with E-state index in [2.05, 4.69) is 15.6 Å². The number of hydrogen-bond donors (Lipinski definition) is 2. The molecule has 0 bridgehead atoms. The molecule has 0 unspecified atom stereocenters. The van der Waals surface area contributed by atoms with Crippen LogP contribution in [0, 0.1) is 5.82 Å². The fourth-order valence-corrected chi connectivity index (χ4v) is 0.797. The van der Waals surface area contributed by atoms with Crippen LogP contribution in [0.3, 0.4) is 0 Å². The molecule has 0 atom stereocenters. The first-order valence-corrected chi connectivity index (χ1v) is 3.78. The Morgan fingerprint density at radius 2 is 2.38 bits per heavy atom. The minimum atomic E-state index is -0.424. The van der Waals surface area contributed by atoms with Crippen molar-refractivity contribution in [1.82, 2.24) is 10.3 Å². The van der Waals surface area contributed by atoms with Crippen molar-refractivity contribution in [2.75, 3.05) is 18.9 Å². The lowest BCUT2D eigenvalue weighted by Crippen LogP contribution is -2.25. The molecule has 13 heavy (non-hydrogen) atoms. The zero-order chi connectivity index (χ0) is 9.68.